The van der Waals surface area contributed by atoms with Crippen molar-refractivity contribution in [3.8, 4) is 11.3 Å². The number of pyridine rings is 1. The molecule has 3 aromatic heterocycles. The molecule has 5 rings (SSSR count). The molecule has 0 aliphatic carbocycles. The largest absolute Gasteiger partial charge is 0.373 e. The third-order valence-electron chi connectivity index (χ3n) is 7.19. The molecule has 1 atom stereocenters. The summed E-state index contributed by atoms with van der Waals surface area (Å²) in [4.78, 5) is 19.7. The van der Waals surface area contributed by atoms with Crippen LogP contribution < -0.4 is 8.85 Å². The van der Waals surface area contributed by atoms with Crippen LogP contribution in [0.5, 0.6) is 0 Å². The molecule has 1 aromatic carbocycles. The Hall–Kier alpha value is -2.94. The Bertz CT molecular complexity index is 1540. The SMILES string of the molecule is C=INCC[C@]1(C)CN(Cc2ccc(Nc3ncc(F)c(-c4cc(F)c5nc(C)n(C(C)C)c5c4)n3)nc2)CCO1. The summed E-state index contributed by atoms with van der Waals surface area (Å²) < 4.78 is 45.2. The van der Waals surface area contributed by atoms with Crippen LogP contribution in [-0.2, 0) is 11.3 Å². The molecule has 1 saturated heterocycles. The number of anilines is 2. The lowest BCUT2D eigenvalue weighted by Gasteiger charge is -2.40. The number of aromatic nitrogens is 5. The molecule has 218 valence electrons. The van der Waals surface area contributed by atoms with Crippen molar-refractivity contribution in [3.63, 3.8) is 0 Å². The van der Waals surface area contributed by atoms with Crippen LogP contribution in [-0.4, -0.2) is 65.8 Å². The first-order chi connectivity index (χ1) is 19.7. The Morgan fingerprint density at radius 2 is 1.98 bits per heavy atom. The number of hydrogen-bond donors (Lipinski definition) is 2. The van der Waals surface area contributed by atoms with Crippen molar-refractivity contribution >= 4 is 48.3 Å². The fourth-order valence-electron chi connectivity index (χ4n) is 5.34. The normalized spacial score (nSPS) is 17.9. The molecule has 4 heterocycles. The highest BCUT2D eigenvalue weighted by Gasteiger charge is 2.31. The lowest BCUT2D eigenvalue weighted by molar-refractivity contribution is -0.103. The molecule has 0 radical (unpaired) electrons. The molecule has 1 aliphatic heterocycles. The van der Waals surface area contributed by atoms with Gasteiger partial charge in [-0.1, -0.05) is 10.6 Å². The van der Waals surface area contributed by atoms with Crippen molar-refractivity contribution in [3.05, 3.63) is 59.7 Å². The predicted octanol–water partition coefficient (Wildman–Crippen LogP) is 5.69. The first kappa shape index (κ1) is 29.5. The topological polar surface area (TPSA) is 93.0 Å². The molecule has 0 spiro atoms. The highest BCUT2D eigenvalue weighted by atomic mass is 127. The van der Waals surface area contributed by atoms with Crippen LogP contribution in [0.3, 0.4) is 0 Å². The molecule has 12 heteroatoms. The monoisotopic (exact) mass is 676 g/mol. The third kappa shape index (κ3) is 6.76. The predicted molar refractivity (Wildman–Crippen MR) is 167 cm³/mol. The molecule has 0 unspecified atom stereocenters. The van der Waals surface area contributed by atoms with Crippen LogP contribution in [0, 0.1) is 18.6 Å². The van der Waals surface area contributed by atoms with Crippen molar-refractivity contribution in [2.24, 2.45) is 0 Å². The summed E-state index contributed by atoms with van der Waals surface area (Å²) in [5.41, 5.74) is 2.04. The fraction of sp³-hybridized carbons (Fsp3) is 0.414. The number of benzene rings is 1. The van der Waals surface area contributed by atoms with Gasteiger partial charge in [-0.15, -0.1) is 0 Å². The molecule has 41 heavy (non-hydrogen) atoms. The summed E-state index contributed by atoms with van der Waals surface area (Å²) in [5.74, 6) is 0.207. The highest BCUT2D eigenvalue weighted by Crippen LogP contribution is 2.30. The van der Waals surface area contributed by atoms with Gasteiger partial charge in [-0.05, 0) is 78.9 Å². The van der Waals surface area contributed by atoms with E-state index in [1.165, 1.54) is 6.07 Å². The number of aryl methyl sites for hydroxylation is 1. The second-order valence-corrected chi connectivity index (χ2v) is 12.3. The molecule has 0 saturated carbocycles. The molecule has 0 bridgehead atoms. The quantitative estimate of drug-likeness (QED) is 0.126. The third-order valence-corrected chi connectivity index (χ3v) is 8.27. The smallest absolute Gasteiger partial charge is 0.229 e. The van der Waals surface area contributed by atoms with Crippen LogP contribution in [0.1, 0.15) is 44.6 Å². The second-order valence-electron chi connectivity index (χ2n) is 10.8. The van der Waals surface area contributed by atoms with Gasteiger partial charge in [-0.3, -0.25) is 8.43 Å². The first-order valence-electron chi connectivity index (χ1n) is 13.6. The van der Waals surface area contributed by atoms with E-state index in [9.17, 15) is 4.39 Å². The fourth-order valence-corrected chi connectivity index (χ4v) is 5.99. The molecule has 0 amide bonds. The zero-order valence-electron chi connectivity index (χ0n) is 23.7. The van der Waals surface area contributed by atoms with Gasteiger partial charge >= 0.3 is 0 Å². The number of nitrogens with one attached hydrogen (secondary N) is 2. The maximum atomic E-state index is 15.0. The summed E-state index contributed by atoms with van der Waals surface area (Å²) in [6, 6.07) is 6.89. The van der Waals surface area contributed by atoms with E-state index < -0.39 is 11.6 Å². The van der Waals surface area contributed by atoms with Gasteiger partial charge in [-0.2, -0.15) is 0 Å². The van der Waals surface area contributed by atoms with E-state index in [2.05, 4.69) is 45.1 Å². The van der Waals surface area contributed by atoms with Gasteiger partial charge in [0.2, 0.25) is 5.95 Å². The van der Waals surface area contributed by atoms with E-state index in [0.717, 1.165) is 44.4 Å². The standard InChI is InChI=1S/C29H35F2IN8O/c1-18(2)40-19(3)36-27-22(30)12-21(13-24(27)40)26-23(31)15-34-28(38-26)37-25-7-6-20(14-33-25)16-39-10-11-41-29(4,17-39)8-9-35-32-5/h6-7,12-15,18,35H,5,8-11,16-17H2,1-4H3,(H,33,34,37,38)/t29-/m1/s1. The number of imidazole rings is 1. The van der Waals surface area contributed by atoms with Crippen molar-refractivity contribution in [2.75, 3.05) is 31.6 Å². The van der Waals surface area contributed by atoms with Gasteiger partial charge in [-0.25, -0.2) is 28.7 Å². The molecule has 9 nitrogen and oxygen atoms in total. The van der Waals surface area contributed by atoms with Gasteiger partial charge in [0.25, 0.3) is 0 Å². The van der Waals surface area contributed by atoms with Crippen molar-refractivity contribution in [1.29, 1.82) is 0 Å². The van der Waals surface area contributed by atoms with E-state index in [1.807, 2.05) is 43.7 Å². The Morgan fingerprint density at radius 3 is 2.71 bits per heavy atom. The van der Waals surface area contributed by atoms with Crippen LogP contribution in [0.25, 0.3) is 22.3 Å². The Morgan fingerprint density at radius 1 is 1.15 bits per heavy atom. The molecule has 4 aromatic rings. The Balaban J connectivity index is 1.30. The minimum absolute atomic E-state index is 0.00305. The molecule has 2 N–H and O–H groups in total. The number of ether oxygens (including phenoxy) is 1. The van der Waals surface area contributed by atoms with Crippen LogP contribution in [0.2, 0.25) is 0 Å². The number of halogens is 3. The first-order valence-corrected chi connectivity index (χ1v) is 16.2. The number of morpholine rings is 1. The van der Waals surface area contributed by atoms with Gasteiger partial charge < -0.3 is 14.6 Å². The molecule has 1 aliphatic rings. The van der Waals surface area contributed by atoms with E-state index >= 15 is 4.39 Å². The van der Waals surface area contributed by atoms with E-state index in [-0.39, 0.29) is 49.8 Å². The van der Waals surface area contributed by atoms with Gasteiger partial charge in [0.05, 0.1) is 23.9 Å². The summed E-state index contributed by atoms with van der Waals surface area (Å²) >= 11 is -0.174. The minimum atomic E-state index is -0.647. The Labute approximate surface area is 248 Å². The van der Waals surface area contributed by atoms with Crippen molar-refractivity contribution < 1.29 is 13.5 Å². The zero-order chi connectivity index (χ0) is 29.1. The van der Waals surface area contributed by atoms with Gasteiger partial charge in [0.1, 0.15) is 22.9 Å². The number of nitrogens with zero attached hydrogens (tertiary/aromatic N) is 6. The van der Waals surface area contributed by atoms with E-state index in [1.54, 1.807) is 6.07 Å². The lowest BCUT2D eigenvalue weighted by Crippen LogP contribution is -2.50. The number of hydrogen-bond acceptors (Lipinski definition) is 8. The maximum Gasteiger partial charge on any atom is 0.229 e. The highest BCUT2D eigenvalue weighted by molar-refractivity contribution is 14.2. The van der Waals surface area contributed by atoms with Crippen LogP contribution in [0.15, 0.2) is 36.7 Å². The average Bonchev–Trinajstić information content (AvgIpc) is 3.27. The van der Waals surface area contributed by atoms with Crippen molar-refractivity contribution in [2.45, 2.75) is 52.3 Å². The zero-order valence-corrected chi connectivity index (χ0v) is 25.9. The summed E-state index contributed by atoms with van der Waals surface area (Å²) in [7, 11) is 0. The maximum absolute atomic E-state index is 15.0. The van der Waals surface area contributed by atoms with Crippen LogP contribution >= 0.6 is 21.0 Å². The van der Waals surface area contributed by atoms with E-state index in [4.69, 9.17) is 4.74 Å². The van der Waals surface area contributed by atoms with Crippen molar-refractivity contribution in [1.82, 2.24) is 32.9 Å². The van der Waals surface area contributed by atoms with Gasteiger partial charge in [0, 0.05) is 44.0 Å². The summed E-state index contributed by atoms with van der Waals surface area (Å²) in [6.07, 6.45) is 3.84. The summed E-state index contributed by atoms with van der Waals surface area (Å²) in [5, 5.41) is 3.05. The van der Waals surface area contributed by atoms with Gasteiger partial charge in [0.15, 0.2) is 11.6 Å². The average molecular weight is 677 g/mol. The Kier molecular flexibility index (Phi) is 9.02. The second kappa shape index (κ2) is 12.5. The number of fused-ring (bicyclic) bond motifs is 1. The van der Waals surface area contributed by atoms with E-state index in [0.29, 0.717) is 29.3 Å². The summed E-state index contributed by atoms with van der Waals surface area (Å²) in [6.45, 7) is 12.1. The lowest BCUT2D eigenvalue weighted by atomic mass is 9.99. The molecule has 1 fully saturated rings. The minimum Gasteiger partial charge on any atom is -0.373 e. The molecular weight excluding hydrogens is 641 g/mol. The molecular formula is C29H35F2IN8O. The number of rotatable bonds is 10. The van der Waals surface area contributed by atoms with Crippen LogP contribution in [0.4, 0.5) is 20.5 Å².